The highest BCUT2D eigenvalue weighted by Gasteiger charge is 2.13. The van der Waals surface area contributed by atoms with Gasteiger partial charge < -0.3 is 19.6 Å². The number of anilines is 1. The number of ether oxygens (including phenoxy) is 1. The number of hydrogen-bond acceptors (Lipinski definition) is 8. The molecule has 0 spiro atoms. The Morgan fingerprint density at radius 2 is 2.13 bits per heavy atom. The lowest BCUT2D eigenvalue weighted by Gasteiger charge is -2.21. The zero-order valence-corrected chi connectivity index (χ0v) is 17.7. The van der Waals surface area contributed by atoms with Crippen LogP contribution in [0.5, 0.6) is 0 Å². The van der Waals surface area contributed by atoms with Crippen LogP contribution in [0.25, 0.3) is 11.2 Å². The zero-order chi connectivity index (χ0) is 21.5. The van der Waals surface area contributed by atoms with Crippen LogP contribution in [0.15, 0.2) is 35.4 Å². The number of imidazole rings is 1. The Bertz CT molecular complexity index is 1070. The molecule has 1 aromatic carbocycles. The smallest absolute Gasteiger partial charge is 0.280 e. The quantitative estimate of drug-likeness (QED) is 0.328. The lowest BCUT2D eigenvalue weighted by Crippen LogP contribution is -2.21. The van der Waals surface area contributed by atoms with Crippen molar-refractivity contribution >= 4 is 25.4 Å². The number of nitrogens with one attached hydrogen (secondary N) is 2. The summed E-state index contributed by atoms with van der Waals surface area (Å²) in [6, 6.07) is 9.66. The molecule has 1 atom stereocenters. The van der Waals surface area contributed by atoms with Gasteiger partial charge in [-0.25, -0.2) is 4.98 Å². The summed E-state index contributed by atoms with van der Waals surface area (Å²) in [5, 5.41) is 12.3. The van der Waals surface area contributed by atoms with E-state index < -0.39 is 8.30 Å². The molecule has 0 fully saturated rings. The van der Waals surface area contributed by atoms with Crippen LogP contribution >= 0.6 is 8.30 Å². The molecule has 3 rings (SSSR count). The van der Waals surface area contributed by atoms with Gasteiger partial charge in [-0.15, -0.1) is 0 Å². The van der Waals surface area contributed by atoms with Gasteiger partial charge in [0.2, 0.25) is 5.95 Å². The van der Waals surface area contributed by atoms with E-state index in [4.69, 9.17) is 20.3 Å². The molecule has 0 saturated heterocycles. The van der Waals surface area contributed by atoms with E-state index in [9.17, 15) is 4.79 Å². The van der Waals surface area contributed by atoms with E-state index in [0.29, 0.717) is 37.3 Å². The second-order valence-corrected chi connectivity index (χ2v) is 8.37. The second-order valence-electron chi connectivity index (χ2n) is 6.84. The molecular weight excluding hydrogens is 405 g/mol. The standard InChI is InChI=1S/C19H24N7O3P/c1-13(2)25-30(29-10-15-5-3-14(9-20)4-6-15)12-28-8-7-26-11-22-16-17(26)23-19(21)24-18(16)27/h3-6,11,13,25H,7-8,10,12H2,1-2H3,(H3,21,23,24,27). The number of aromatic nitrogens is 4. The molecule has 2 aromatic heterocycles. The molecule has 158 valence electrons. The lowest BCUT2D eigenvalue weighted by molar-refractivity contribution is 0.159. The van der Waals surface area contributed by atoms with E-state index in [0.717, 1.165) is 5.56 Å². The molecular formula is C19H24N7O3P. The third-order valence-corrected chi connectivity index (χ3v) is 5.71. The van der Waals surface area contributed by atoms with Crippen LogP contribution in [0.2, 0.25) is 0 Å². The highest BCUT2D eigenvalue weighted by atomic mass is 31.2. The maximum Gasteiger partial charge on any atom is 0.280 e. The summed E-state index contributed by atoms with van der Waals surface area (Å²) < 4.78 is 13.5. The maximum atomic E-state index is 11.8. The maximum absolute atomic E-state index is 11.8. The average Bonchev–Trinajstić information content (AvgIpc) is 3.12. The second kappa shape index (κ2) is 10.3. The minimum atomic E-state index is -1.00. The van der Waals surface area contributed by atoms with E-state index in [2.05, 4.69) is 26.1 Å². The number of H-pyrrole nitrogens is 1. The van der Waals surface area contributed by atoms with E-state index >= 15 is 0 Å². The number of nitrogens with two attached hydrogens (primary N) is 1. The molecule has 2 heterocycles. The summed E-state index contributed by atoms with van der Waals surface area (Å²) >= 11 is 0. The van der Waals surface area contributed by atoms with Crippen molar-refractivity contribution in [3.05, 3.63) is 52.1 Å². The van der Waals surface area contributed by atoms with Crippen LogP contribution in [0.1, 0.15) is 25.0 Å². The van der Waals surface area contributed by atoms with E-state index in [1.807, 2.05) is 26.0 Å². The van der Waals surface area contributed by atoms with Crippen molar-refractivity contribution in [3.8, 4) is 6.07 Å². The number of aromatic amines is 1. The van der Waals surface area contributed by atoms with Crippen molar-refractivity contribution in [1.29, 1.82) is 5.26 Å². The zero-order valence-electron chi connectivity index (χ0n) is 16.8. The summed E-state index contributed by atoms with van der Waals surface area (Å²) in [6.07, 6.45) is 1.96. The van der Waals surface area contributed by atoms with Gasteiger partial charge >= 0.3 is 0 Å². The molecule has 11 heteroatoms. The number of nitriles is 1. The summed E-state index contributed by atoms with van der Waals surface area (Å²) in [6.45, 7) is 5.40. The molecule has 0 saturated carbocycles. The van der Waals surface area contributed by atoms with Crippen molar-refractivity contribution < 1.29 is 9.26 Å². The first-order chi connectivity index (χ1) is 14.5. The Labute approximate surface area is 174 Å². The number of hydrogen-bond donors (Lipinski definition) is 3. The topological polar surface area (TPSA) is 144 Å². The van der Waals surface area contributed by atoms with Gasteiger partial charge in [-0.1, -0.05) is 12.1 Å². The van der Waals surface area contributed by atoms with Gasteiger partial charge in [0, 0.05) is 12.6 Å². The number of nitrogen functional groups attached to an aromatic ring is 1. The fourth-order valence-electron chi connectivity index (χ4n) is 2.67. The van der Waals surface area contributed by atoms with Crippen LogP contribution < -0.4 is 16.4 Å². The van der Waals surface area contributed by atoms with E-state index in [1.165, 1.54) is 0 Å². The van der Waals surface area contributed by atoms with Gasteiger partial charge in [0.15, 0.2) is 11.2 Å². The average molecular weight is 429 g/mol. The minimum absolute atomic E-state index is 0.0519. The molecule has 0 aliphatic carbocycles. The molecule has 0 radical (unpaired) electrons. The highest BCUT2D eigenvalue weighted by Crippen LogP contribution is 2.34. The van der Waals surface area contributed by atoms with Crippen LogP contribution in [0, 0.1) is 11.3 Å². The molecule has 0 aliphatic heterocycles. The number of rotatable bonds is 10. The molecule has 3 aromatic rings. The van der Waals surface area contributed by atoms with Crippen molar-refractivity contribution in [1.82, 2.24) is 24.6 Å². The van der Waals surface area contributed by atoms with Crippen LogP contribution in [0.3, 0.4) is 0 Å². The molecule has 0 aliphatic rings. The van der Waals surface area contributed by atoms with Gasteiger partial charge in [-0.05, 0) is 31.5 Å². The first kappa shape index (κ1) is 21.9. The predicted molar refractivity (Wildman–Crippen MR) is 115 cm³/mol. The van der Waals surface area contributed by atoms with Gasteiger partial charge in [0.1, 0.15) is 14.6 Å². The van der Waals surface area contributed by atoms with Crippen LogP contribution in [-0.2, 0) is 22.4 Å². The molecule has 30 heavy (non-hydrogen) atoms. The predicted octanol–water partition coefficient (Wildman–Crippen LogP) is 2.07. The number of nitrogens with zero attached hydrogens (tertiary/aromatic N) is 4. The Hall–Kier alpha value is -2.83. The van der Waals surface area contributed by atoms with Crippen molar-refractivity contribution in [2.45, 2.75) is 33.0 Å². The monoisotopic (exact) mass is 429 g/mol. The largest absolute Gasteiger partial charge is 0.371 e. The Balaban J connectivity index is 1.52. The van der Waals surface area contributed by atoms with Crippen LogP contribution in [-0.4, -0.2) is 38.5 Å². The summed E-state index contributed by atoms with van der Waals surface area (Å²) in [5.41, 5.74) is 7.54. The third-order valence-electron chi connectivity index (χ3n) is 4.05. The van der Waals surface area contributed by atoms with Gasteiger partial charge in [0.25, 0.3) is 5.56 Å². The summed E-state index contributed by atoms with van der Waals surface area (Å²) in [5.74, 6) is 0.0519. The highest BCUT2D eigenvalue weighted by molar-refractivity contribution is 7.50. The Kier molecular flexibility index (Phi) is 7.49. The molecule has 1 unspecified atom stereocenters. The Morgan fingerprint density at radius 3 is 2.83 bits per heavy atom. The first-order valence-electron chi connectivity index (χ1n) is 9.40. The first-order valence-corrected chi connectivity index (χ1v) is 10.8. The molecule has 0 amide bonds. The normalized spacial score (nSPS) is 12.3. The van der Waals surface area contributed by atoms with Crippen LogP contribution in [0.4, 0.5) is 5.95 Å². The SMILES string of the molecule is CC(C)NP(COCCn1cnc2c(=O)[nH]c(N)nc21)OCc1ccc(C#N)cc1. The van der Waals surface area contributed by atoms with Crippen molar-refractivity contribution in [3.63, 3.8) is 0 Å². The van der Waals surface area contributed by atoms with E-state index in [1.54, 1.807) is 23.0 Å². The summed E-state index contributed by atoms with van der Waals surface area (Å²) in [7, 11) is -1.00. The van der Waals surface area contributed by atoms with Crippen molar-refractivity contribution in [2.75, 3.05) is 18.7 Å². The van der Waals surface area contributed by atoms with E-state index in [-0.39, 0.29) is 23.1 Å². The summed E-state index contributed by atoms with van der Waals surface area (Å²) in [4.78, 5) is 22.5. The molecule has 10 nitrogen and oxygen atoms in total. The third kappa shape index (κ3) is 5.84. The molecule has 4 N–H and O–H groups in total. The molecule has 0 bridgehead atoms. The van der Waals surface area contributed by atoms with Gasteiger partial charge in [0.05, 0.1) is 31.2 Å². The minimum Gasteiger partial charge on any atom is -0.371 e. The van der Waals surface area contributed by atoms with Gasteiger partial charge in [-0.3, -0.25) is 14.9 Å². The fourth-order valence-corrected chi connectivity index (χ4v) is 4.07. The number of benzene rings is 1. The fraction of sp³-hybridized carbons (Fsp3) is 0.368. The lowest BCUT2D eigenvalue weighted by atomic mass is 10.2. The van der Waals surface area contributed by atoms with Crippen molar-refractivity contribution in [2.24, 2.45) is 0 Å². The number of fused-ring (bicyclic) bond motifs is 1. The Morgan fingerprint density at radius 1 is 1.37 bits per heavy atom. The van der Waals surface area contributed by atoms with Gasteiger partial charge in [-0.2, -0.15) is 10.2 Å².